The molecule has 6 rings (SSSR count). The van der Waals surface area contributed by atoms with Crippen LogP contribution < -0.4 is 5.56 Å². The van der Waals surface area contributed by atoms with Gasteiger partial charge in [-0.05, 0) is 49.2 Å². The SMILES string of the molecule is O=c1c2c(n3c(=S)[nH]nc3n1-c1ccccc1)-c1ccccc1CC21CCCC1. The molecule has 1 saturated carbocycles. The maximum Gasteiger partial charge on any atom is 0.263 e. The van der Waals surface area contributed by atoms with Crippen LogP contribution in [0.2, 0.25) is 0 Å². The number of H-pyrrole nitrogens is 1. The van der Waals surface area contributed by atoms with Gasteiger partial charge in [0.25, 0.3) is 5.56 Å². The van der Waals surface area contributed by atoms with Crippen molar-refractivity contribution in [3.63, 3.8) is 0 Å². The van der Waals surface area contributed by atoms with E-state index >= 15 is 0 Å². The van der Waals surface area contributed by atoms with Crippen LogP contribution in [-0.4, -0.2) is 19.2 Å². The van der Waals surface area contributed by atoms with Gasteiger partial charge in [0.1, 0.15) is 0 Å². The van der Waals surface area contributed by atoms with E-state index < -0.39 is 0 Å². The Morgan fingerprint density at radius 3 is 2.52 bits per heavy atom. The van der Waals surface area contributed by atoms with Crippen LogP contribution in [-0.2, 0) is 11.8 Å². The van der Waals surface area contributed by atoms with E-state index in [1.165, 1.54) is 5.56 Å². The summed E-state index contributed by atoms with van der Waals surface area (Å²) >= 11 is 5.65. The topological polar surface area (TPSA) is 55.1 Å². The molecular formula is C23H20N4OS. The number of nitrogens with zero attached hydrogens (tertiary/aromatic N) is 3. The molecule has 6 heteroatoms. The largest absolute Gasteiger partial charge is 0.268 e. The highest BCUT2D eigenvalue weighted by atomic mass is 32.1. The van der Waals surface area contributed by atoms with E-state index in [4.69, 9.17) is 12.2 Å². The van der Waals surface area contributed by atoms with Crippen LogP contribution in [0.15, 0.2) is 59.4 Å². The zero-order chi connectivity index (χ0) is 19.6. The quantitative estimate of drug-likeness (QED) is 0.476. The fourth-order valence-corrected chi connectivity index (χ4v) is 5.65. The van der Waals surface area contributed by atoms with Crippen LogP contribution in [0.4, 0.5) is 0 Å². The molecule has 1 fully saturated rings. The van der Waals surface area contributed by atoms with Gasteiger partial charge < -0.3 is 0 Å². The minimum Gasteiger partial charge on any atom is -0.268 e. The Balaban J connectivity index is 1.85. The number of benzene rings is 2. The maximum atomic E-state index is 14.1. The third kappa shape index (κ3) is 2.23. The normalized spacial score (nSPS) is 16.8. The van der Waals surface area contributed by atoms with Gasteiger partial charge in [0.15, 0.2) is 0 Å². The molecule has 4 aromatic rings. The van der Waals surface area contributed by atoms with Crippen LogP contribution >= 0.6 is 12.2 Å². The van der Waals surface area contributed by atoms with Crippen molar-refractivity contribution in [3.05, 3.63) is 80.8 Å². The summed E-state index contributed by atoms with van der Waals surface area (Å²) < 4.78 is 4.21. The van der Waals surface area contributed by atoms with E-state index in [2.05, 4.69) is 28.4 Å². The monoisotopic (exact) mass is 400 g/mol. The molecule has 0 saturated heterocycles. The maximum absolute atomic E-state index is 14.1. The van der Waals surface area contributed by atoms with Crippen molar-refractivity contribution in [3.8, 4) is 16.9 Å². The number of aromatic amines is 1. The minimum atomic E-state index is -0.127. The number of nitrogens with one attached hydrogen (secondary N) is 1. The zero-order valence-corrected chi connectivity index (χ0v) is 16.7. The van der Waals surface area contributed by atoms with Crippen LogP contribution in [0, 0.1) is 4.77 Å². The van der Waals surface area contributed by atoms with Crippen molar-refractivity contribution >= 4 is 18.0 Å². The Labute approximate surface area is 172 Å². The van der Waals surface area contributed by atoms with E-state index in [1.54, 1.807) is 4.57 Å². The summed E-state index contributed by atoms with van der Waals surface area (Å²) in [6, 6.07) is 18.2. The van der Waals surface area contributed by atoms with Crippen molar-refractivity contribution in [2.75, 3.05) is 0 Å². The van der Waals surface area contributed by atoms with Gasteiger partial charge in [0.05, 0.1) is 11.4 Å². The van der Waals surface area contributed by atoms with Gasteiger partial charge in [-0.15, -0.1) is 5.10 Å². The first-order valence-electron chi connectivity index (χ1n) is 10.1. The van der Waals surface area contributed by atoms with E-state index in [0.717, 1.165) is 54.6 Å². The highest BCUT2D eigenvalue weighted by Gasteiger charge is 2.45. The Bertz CT molecular complexity index is 1370. The number of hydrogen-bond acceptors (Lipinski definition) is 3. The first-order chi connectivity index (χ1) is 14.2. The molecule has 0 atom stereocenters. The summed E-state index contributed by atoms with van der Waals surface area (Å²) in [5.74, 6) is 0.537. The lowest BCUT2D eigenvalue weighted by molar-refractivity contribution is 0.424. The molecule has 0 radical (unpaired) electrons. The molecule has 1 spiro atoms. The summed E-state index contributed by atoms with van der Waals surface area (Å²) in [6.07, 6.45) is 5.30. The fourth-order valence-electron chi connectivity index (χ4n) is 5.44. The van der Waals surface area contributed by atoms with Crippen molar-refractivity contribution in [1.29, 1.82) is 0 Å². The van der Waals surface area contributed by atoms with Gasteiger partial charge in [0.2, 0.25) is 10.5 Å². The summed E-state index contributed by atoms with van der Waals surface area (Å²) in [5.41, 5.74) is 4.94. The van der Waals surface area contributed by atoms with Crippen LogP contribution in [0.3, 0.4) is 0 Å². The third-order valence-electron chi connectivity index (χ3n) is 6.64. The molecule has 2 heterocycles. The van der Waals surface area contributed by atoms with Gasteiger partial charge in [-0.1, -0.05) is 55.3 Å². The molecule has 0 aliphatic heterocycles. The van der Waals surface area contributed by atoms with Gasteiger partial charge in [-0.3, -0.25) is 9.20 Å². The third-order valence-corrected chi connectivity index (χ3v) is 6.91. The van der Waals surface area contributed by atoms with Crippen LogP contribution in [0.5, 0.6) is 0 Å². The molecule has 0 unspecified atom stereocenters. The van der Waals surface area contributed by atoms with Crippen molar-refractivity contribution in [2.45, 2.75) is 37.5 Å². The minimum absolute atomic E-state index is 0.0316. The van der Waals surface area contributed by atoms with Crippen LogP contribution in [0.1, 0.15) is 36.8 Å². The average Bonchev–Trinajstić information content (AvgIpc) is 3.36. The van der Waals surface area contributed by atoms with E-state index in [0.29, 0.717) is 10.5 Å². The van der Waals surface area contributed by atoms with Gasteiger partial charge in [0, 0.05) is 16.5 Å². The Hall–Kier alpha value is -2.99. The Morgan fingerprint density at radius 1 is 1.00 bits per heavy atom. The molecule has 144 valence electrons. The van der Waals surface area contributed by atoms with Crippen LogP contribution in [0.25, 0.3) is 22.7 Å². The number of hydrogen-bond donors (Lipinski definition) is 1. The van der Waals surface area contributed by atoms with E-state index in [9.17, 15) is 4.79 Å². The molecule has 2 aliphatic carbocycles. The second-order valence-electron chi connectivity index (χ2n) is 8.19. The first-order valence-corrected chi connectivity index (χ1v) is 10.5. The summed E-state index contributed by atoms with van der Waals surface area (Å²) in [5, 5.41) is 7.39. The standard InChI is InChI=1S/C23H20N4OS/c28-20-18-19(17-11-5-4-8-15(17)14-23(18)12-6-7-13-23)27-21(24-25-22(27)29)26(20)16-9-2-1-3-10-16/h1-5,8-11H,6-7,12-14H2,(H,25,29). The number of fused-ring (bicyclic) bond motifs is 6. The molecule has 0 bridgehead atoms. The molecule has 1 N–H and O–H groups in total. The summed E-state index contributed by atoms with van der Waals surface area (Å²) in [6.45, 7) is 0. The Kier molecular flexibility index (Phi) is 3.50. The second-order valence-corrected chi connectivity index (χ2v) is 8.57. The first kappa shape index (κ1) is 16.9. The second kappa shape index (κ2) is 6.00. The molecule has 2 aliphatic rings. The number of para-hydroxylation sites is 1. The molecular weight excluding hydrogens is 380 g/mol. The van der Waals surface area contributed by atoms with Gasteiger partial charge >= 0.3 is 0 Å². The van der Waals surface area contributed by atoms with Crippen molar-refractivity contribution in [1.82, 2.24) is 19.2 Å². The lowest BCUT2D eigenvalue weighted by atomic mass is 9.68. The lowest BCUT2D eigenvalue weighted by Gasteiger charge is -2.37. The smallest absolute Gasteiger partial charge is 0.263 e. The predicted octanol–water partition coefficient (Wildman–Crippen LogP) is 4.58. The van der Waals surface area contributed by atoms with Crippen molar-refractivity contribution in [2.24, 2.45) is 0 Å². The molecule has 0 amide bonds. The highest BCUT2D eigenvalue weighted by molar-refractivity contribution is 7.71. The summed E-state index contributed by atoms with van der Waals surface area (Å²) in [7, 11) is 0. The fraction of sp³-hybridized carbons (Fsp3) is 0.261. The zero-order valence-electron chi connectivity index (χ0n) is 15.9. The van der Waals surface area contributed by atoms with Gasteiger partial charge in [-0.25, -0.2) is 9.67 Å². The molecule has 5 nitrogen and oxygen atoms in total. The molecule has 29 heavy (non-hydrogen) atoms. The van der Waals surface area contributed by atoms with Gasteiger partial charge in [-0.2, -0.15) is 0 Å². The number of rotatable bonds is 1. The predicted molar refractivity (Wildman–Crippen MR) is 115 cm³/mol. The average molecular weight is 401 g/mol. The molecule has 2 aromatic carbocycles. The van der Waals surface area contributed by atoms with E-state index in [-0.39, 0.29) is 11.0 Å². The summed E-state index contributed by atoms with van der Waals surface area (Å²) in [4.78, 5) is 14.1. The Morgan fingerprint density at radius 2 is 1.72 bits per heavy atom. The van der Waals surface area contributed by atoms with Crippen molar-refractivity contribution < 1.29 is 0 Å². The molecule has 2 aromatic heterocycles. The highest BCUT2D eigenvalue weighted by Crippen LogP contribution is 2.50. The van der Waals surface area contributed by atoms with E-state index in [1.807, 2.05) is 40.8 Å². The number of aromatic nitrogens is 4. The lowest BCUT2D eigenvalue weighted by Crippen LogP contribution is -2.40.